The van der Waals surface area contributed by atoms with Crippen LogP contribution in [0, 0.1) is 0 Å². The van der Waals surface area contributed by atoms with Crippen LogP contribution in [0.5, 0.6) is 0 Å². The Morgan fingerprint density at radius 2 is 1.58 bits per heavy atom. The summed E-state index contributed by atoms with van der Waals surface area (Å²) in [6.07, 6.45) is 0. The van der Waals surface area contributed by atoms with E-state index in [1.807, 2.05) is 12.1 Å². The van der Waals surface area contributed by atoms with Crippen LogP contribution in [-0.2, 0) is 16.0 Å². The summed E-state index contributed by atoms with van der Waals surface area (Å²) in [5.41, 5.74) is 1.000. The number of aromatic nitrogens is 2. The van der Waals surface area contributed by atoms with Gasteiger partial charge < -0.3 is 14.8 Å². The first kappa shape index (κ1) is 17.6. The molecule has 4 rings (SSSR count). The minimum absolute atomic E-state index is 0.770. The maximum Gasteiger partial charge on any atom is 0.145 e. The minimum Gasteiger partial charge on any atom is -0.379 e. The molecule has 0 aliphatic carbocycles. The molecule has 0 saturated carbocycles. The van der Waals surface area contributed by atoms with Crippen LogP contribution in [0.4, 0.5) is 5.82 Å². The molecule has 0 bridgehead atoms. The van der Waals surface area contributed by atoms with Crippen LogP contribution in [-0.4, -0.2) is 85.5 Å². The summed E-state index contributed by atoms with van der Waals surface area (Å²) >= 11 is 0. The minimum atomic E-state index is 0.770. The molecule has 2 aliphatic rings. The number of morpholine rings is 2. The zero-order chi connectivity index (χ0) is 17.6. The van der Waals surface area contributed by atoms with Crippen LogP contribution in [0.25, 0.3) is 10.9 Å². The Balaban J connectivity index is 1.46. The number of anilines is 1. The molecule has 1 N–H and O–H groups in total. The second-order valence-corrected chi connectivity index (χ2v) is 6.77. The first-order valence-electron chi connectivity index (χ1n) is 9.48. The highest BCUT2D eigenvalue weighted by Gasteiger charge is 2.15. The first-order chi connectivity index (χ1) is 12.9. The Labute approximate surface area is 154 Å². The molecular formula is C19H27N5O2. The highest BCUT2D eigenvalue weighted by atomic mass is 16.5. The van der Waals surface area contributed by atoms with Gasteiger partial charge in [-0.2, -0.15) is 0 Å². The predicted molar refractivity (Wildman–Crippen MR) is 101 cm³/mol. The van der Waals surface area contributed by atoms with Crippen LogP contribution in [0.2, 0.25) is 0 Å². The Bertz CT molecular complexity index is 714. The van der Waals surface area contributed by atoms with E-state index in [4.69, 9.17) is 19.4 Å². The molecule has 2 aliphatic heterocycles. The lowest BCUT2D eigenvalue weighted by Gasteiger charge is -2.27. The Kier molecular flexibility index (Phi) is 5.91. The third-order valence-electron chi connectivity index (χ3n) is 4.94. The van der Waals surface area contributed by atoms with Gasteiger partial charge >= 0.3 is 0 Å². The van der Waals surface area contributed by atoms with E-state index in [1.165, 1.54) is 0 Å². The third kappa shape index (κ3) is 4.48. The van der Waals surface area contributed by atoms with Crippen LogP contribution >= 0.6 is 0 Å². The summed E-state index contributed by atoms with van der Waals surface area (Å²) in [7, 11) is 0. The molecule has 3 heterocycles. The third-order valence-corrected chi connectivity index (χ3v) is 4.94. The van der Waals surface area contributed by atoms with Crippen LogP contribution in [0.3, 0.4) is 0 Å². The van der Waals surface area contributed by atoms with E-state index in [0.717, 1.165) is 94.8 Å². The van der Waals surface area contributed by atoms with Crippen LogP contribution < -0.4 is 5.32 Å². The van der Waals surface area contributed by atoms with Gasteiger partial charge in [-0.05, 0) is 12.1 Å². The summed E-state index contributed by atoms with van der Waals surface area (Å²) in [4.78, 5) is 14.4. The molecule has 0 spiro atoms. The zero-order valence-electron chi connectivity index (χ0n) is 15.2. The van der Waals surface area contributed by atoms with Crippen molar-refractivity contribution in [2.45, 2.75) is 6.54 Å². The molecule has 2 aromatic rings. The second-order valence-electron chi connectivity index (χ2n) is 6.77. The lowest BCUT2D eigenvalue weighted by molar-refractivity contribution is 0.0331. The number of rotatable bonds is 6. The highest BCUT2D eigenvalue weighted by Crippen LogP contribution is 2.20. The Morgan fingerprint density at radius 3 is 2.35 bits per heavy atom. The van der Waals surface area contributed by atoms with Crippen molar-refractivity contribution in [3.63, 3.8) is 0 Å². The number of benzene rings is 1. The summed E-state index contributed by atoms with van der Waals surface area (Å²) in [6.45, 7) is 9.79. The quantitative estimate of drug-likeness (QED) is 0.834. The van der Waals surface area contributed by atoms with Crippen molar-refractivity contribution in [1.82, 2.24) is 19.8 Å². The molecule has 7 heteroatoms. The van der Waals surface area contributed by atoms with Crippen molar-refractivity contribution >= 4 is 16.7 Å². The summed E-state index contributed by atoms with van der Waals surface area (Å²) < 4.78 is 10.8. The molecule has 2 saturated heterocycles. The van der Waals surface area contributed by atoms with Gasteiger partial charge in [0.05, 0.1) is 38.5 Å². The number of para-hydroxylation sites is 1. The van der Waals surface area contributed by atoms with E-state index in [9.17, 15) is 0 Å². The molecule has 7 nitrogen and oxygen atoms in total. The van der Waals surface area contributed by atoms with Gasteiger partial charge in [-0.15, -0.1) is 0 Å². The van der Waals surface area contributed by atoms with Crippen LogP contribution in [0.1, 0.15) is 5.82 Å². The average Bonchev–Trinajstić information content (AvgIpc) is 2.69. The van der Waals surface area contributed by atoms with Crippen molar-refractivity contribution in [3.8, 4) is 0 Å². The van der Waals surface area contributed by atoms with E-state index in [1.54, 1.807) is 0 Å². The fourth-order valence-electron chi connectivity index (χ4n) is 3.45. The normalized spacial score (nSPS) is 19.7. The van der Waals surface area contributed by atoms with E-state index in [2.05, 4.69) is 27.2 Å². The van der Waals surface area contributed by atoms with Gasteiger partial charge in [0.1, 0.15) is 11.6 Å². The molecule has 26 heavy (non-hydrogen) atoms. The molecule has 0 amide bonds. The average molecular weight is 357 g/mol. The van der Waals surface area contributed by atoms with Gasteiger partial charge in [-0.1, -0.05) is 12.1 Å². The smallest absolute Gasteiger partial charge is 0.145 e. The zero-order valence-corrected chi connectivity index (χ0v) is 15.2. The number of nitrogens with one attached hydrogen (secondary N) is 1. The highest BCUT2D eigenvalue weighted by molar-refractivity contribution is 5.88. The largest absolute Gasteiger partial charge is 0.379 e. The fraction of sp³-hybridized carbons (Fsp3) is 0.579. The molecule has 2 fully saturated rings. The Hall–Kier alpha value is -1.80. The SMILES string of the molecule is c1ccc2c(NCCN3CCOCC3)nc(CN3CCOCC3)nc2c1. The van der Waals surface area contributed by atoms with Gasteiger partial charge in [-0.25, -0.2) is 9.97 Å². The van der Waals surface area contributed by atoms with Gasteiger partial charge in [-0.3, -0.25) is 9.80 Å². The molecule has 140 valence electrons. The number of hydrogen-bond acceptors (Lipinski definition) is 7. The molecule has 1 aromatic heterocycles. The van der Waals surface area contributed by atoms with Gasteiger partial charge in [0.15, 0.2) is 0 Å². The Morgan fingerprint density at radius 1 is 0.885 bits per heavy atom. The first-order valence-corrected chi connectivity index (χ1v) is 9.48. The summed E-state index contributed by atoms with van der Waals surface area (Å²) in [6, 6.07) is 8.23. The molecular weight excluding hydrogens is 330 g/mol. The second kappa shape index (κ2) is 8.73. The number of fused-ring (bicyclic) bond motifs is 1. The number of hydrogen-bond donors (Lipinski definition) is 1. The maximum atomic E-state index is 5.43. The molecule has 0 atom stereocenters. The van der Waals surface area contributed by atoms with E-state index < -0.39 is 0 Å². The standard InChI is InChI=1S/C19H27N5O2/c1-2-4-17-16(3-1)19(20-5-6-23-7-11-25-12-8-23)22-18(21-17)15-24-9-13-26-14-10-24/h1-4H,5-15H2,(H,20,21,22). The summed E-state index contributed by atoms with van der Waals surface area (Å²) in [5.74, 6) is 1.81. The van der Waals surface area contributed by atoms with Gasteiger partial charge in [0, 0.05) is 44.7 Å². The lowest BCUT2D eigenvalue weighted by atomic mass is 10.2. The van der Waals surface area contributed by atoms with Crippen molar-refractivity contribution in [2.24, 2.45) is 0 Å². The van der Waals surface area contributed by atoms with Gasteiger partial charge in [0.25, 0.3) is 0 Å². The van der Waals surface area contributed by atoms with E-state index in [-0.39, 0.29) is 0 Å². The van der Waals surface area contributed by atoms with Crippen molar-refractivity contribution in [3.05, 3.63) is 30.1 Å². The fourth-order valence-corrected chi connectivity index (χ4v) is 3.45. The van der Waals surface area contributed by atoms with Crippen molar-refractivity contribution in [1.29, 1.82) is 0 Å². The topological polar surface area (TPSA) is 62.8 Å². The molecule has 1 aromatic carbocycles. The van der Waals surface area contributed by atoms with Crippen molar-refractivity contribution in [2.75, 3.05) is 71.0 Å². The van der Waals surface area contributed by atoms with E-state index >= 15 is 0 Å². The van der Waals surface area contributed by atoms with E-state index in [0.29, 0.717) is 0 Å². The number of ether oxygens (including phenoxy) is 2. The monoisotopic (exact) mass is 357 g/mol. The molecule has 0 unspecified atom stereocenters. The predicted octanol–water partition coefficient (Wildman–Crippen LogP) is 1.21. The van der Waals surface area contributed by atoms with Crippen molar-refractivity contribution < 1.29 is 9.47 Å². The van der Waals surface area contributed by atoms with Crippen LogP contribution in [0.15, 0.2) is 24.3 Å². The summed E-state index contributed by atoms with van der Waals surface area (Å²) in [5, 5.41) is 4.62. The number of nitrogens with zero attached hydrogens (tertiary/aromatic N) is 4. The maximum absolute atomic E-state index is 5.43. The van der Waals surface area contributed by atoms with Gasteiger partial charge in [0.2, 0.25) is 0 Å². The lowest BCUT2D eigenvalue weighted by Crippen LogP contribution is -2.39. The molecule has 0 radical (unpaired) electrons.